The van der Waals surface area contributed by atoms with Crippen LogP contribution >= 0.6 is 7.82 Å². The number of carbonyl (C=O) groups is 2. The number of rotatable bonds is 4. The minimum absolute atomic E-state index is 1.12. The molecule has 0 saturated carbocycles. The molecular weight excluding hydrogens is 207 g/mol. The molecule has 0 aliphatic carbocycles. The first-order valence-corrected chi connectivity index (χ1v) is 4.40. The summed E-state index contributed by atoms with van der Waals surface area (Å²) in [5.74, 6) is -2.84. The molecule has 0 unspecified atom stereocenters. The molecule has 76 valence electrons. The minimum atomic E-state index is -4.86. The normalized spacial score (nSPS) is 10.7. The van der Waals surface area contributed by atoms with E-state index in [2.05, 4.69) is 9.05 Å². The first-order chi connectivity index (χ1) is 5.91. The predicted molar refractivity (Wildman–Crippen MR) is 36.2 cm³/mol. The second-order valence-corrected chi connectivity index (χ2v) is 3.01. The summed E-state index contributed by atoms with van der Waals surface area (Å²) >= 11 is 0. The van der Waals surface area contributed by atoms with E-state index in [1.54, 1.807) is 0 Å². The van der Waals surface area contributed by atoms with Gasteiger partial charge in [0.15, 0.2) is 0 Å². The summed E-state index contributed by atoms with van der Waals surface area (Å²) in [4.78, 5) is 29.0. The van der Waals surface area contributed by atoms with Crippen LogP contribution in [0.5, 0.6) is 0 Å². The van der Waals surface area contributed by atoms with Gasteiger partial charge in [0, 0.05) is 0 Å². The van der Waals surface area contributed by atoms with Gasteiger partial charge in [0.25, 0.3) is 0 Å². The van der Waals surface area contributed by atoms with Crippen molar-refractivity contribution in [2.75, 3.05) is 13.2 Å². The zero-order valence-corrected chi connectivity index (χ0v) is 7.14. The van der Waals surface area contributed by atoms with E-state index in [1.807, 2.05) is 0 Å². The van der Waals surface area contributed by atoms with E-state index in [1.165, 1.54) is 0 Å². The van der Waals surface area contributed by atoms with Crippen LogP contribution in [0.4, 0.5) is 0 Å². The Morgan fingerprint density at radius 3 is 1.62 bits per heavy atom. The van der Waals surface area contributed by atoms with Crippen LogP contribution in [0, 0.1) is 0 Å². The van der Waals surface area contributed by atoms with Crippen LogP contribution in [0.15, 0.2) is 0 Å². The fraction of sp³-hybridized carbons (Fsp3) is 0.500. The van der Waals surface area contributed by atoms with E-state index < -0.39 is 33.0 Å². The Balaban J connectivity index is 4.16. The standard InChI is InChI=1S/C4H7O8P/c5-1-3(7)11-13(9,10)12-4(8)2-6/h5-6H,1-2H2,(H,9,10). The average molecular weight is 214 g/mol. The number of phosphoric ester groups is 1. The third-order valence-electron chi connectivity index (χ3n) is 0.693. The quantitative estimate of drug-likeness (QED) is 0.465. The molecule has 9 heteroatoms. The molecule has 0 heterocycles. The topological polar surface area (TPSA) is 130 Å². The van der Waals surface area contributed by atoms with Crippen molar-refractivity contribution in [2.45, 2.75) is 0 Å². The summed E-state index contributed by atoms with van der Waals surface area (Å²) in [5, 5.41) is 16.2. The minimum Gasteiger partial charge on any atom is -0.385 e. The van der Waals surface area contributed by atoms with Crippen LogP contribution in [0.1, 0.15) is 0 Å². The second kappa shape index (κ2) is 4.93. The lowest BCUT2D eigenvalue weighted by atomic mass is 10.8. The van der Waals surface area contributed by atoms with Crippen LogP contribution in [0.3, 0.4) is 0 Å². The molecule has 0 bridgehead atoms. The number of hydrogen-bond acceptors (Lipinski definition) is 7. The smallest absolute Gasteiger partial charge is 0.385 e. The lowest BCUT2D eigenvalue weighted by molar-refractivity contribution is -0.143. The second-order valence-electron chi connectivity index (χ2n) is 1.71. The van der Waals surface area contributed by atoms with Crippen molar-refractivity contribution < 1.29 is 38.3 Å². The van der Waals surface area contributed by atoms with Crippen LogP contribution < -0.4 is 0 Å². The van der Waals surface area contributed by atoms with E-state index in [4.69, 9.17) is 15.1 Å². The van der Waals surface area contributed by atoms with Crippen molar-refractivity contribution in [3.05, 3.63) is 0 Å². The predicted octanol–water partition coefficient (Wildman–Crippen LogP) is -1.84. The van der Waals surface area contributed by atoms with Crippen molar-refractivity contribution >= 4 is 19.8 Å². The van der Waals surface area contributed by atoms with Crippen LogP contribution in [-0.2, 0) is 23.2 Å². The summed E-state index contributed by atoms with van der Waals surface area (Å²) < 4.78 is 17.9. The van der Waals surface area contributed by atoms with E-state index in [9.17, 15) is 14.2 Å². The number of carbonyl (C=O) groups excluding carboxylic acids is 2. The summed E-state index contributed by atoms with van der Waals surface area (Å²) in [5.41, 5.74) is 0. The van der Waals surface area contributed by atoms with Crippen molar-refractivity contribution in [3.8, 4) is 0 Å². The van der Waals surface area contributed by atoms with Crippen molar-refractivity contribution in [3.63, 3.8) is 0 Å². The van der Waals surface area contributed by atoms with Gasteiger partial charge in [-0.1, -0.05) is 0 Å². The summed E-state index contributed by atoms with van der Waals surface area (Å²) in [6.07, 6.45) is 0. The molecule has 0 aromatic rings. The van der Waals surface area contributed by atoms with E-state index in [-0.39, 0.29) is 0 Å². The van der Waals surface area contributed by atoms with Crippen LogP contribution in [0.2, 0.25) is 0 Å². The van der Waals surface area contributed by atoms with Gasteiger partial charge in [-0.15, -0.1) is 0 Å². The van der Waals surface area contributed by atoms with Crippen LogP contribution in [0.25, 0.3) is 0 Å². The zero-order chi connectivity index (χ0) is 10.5. The van der Waals surface area contributed by atoms with Gasteiger partial charge in [0.1, 0.15) is 13.2 Å². The largest absolute Gasteiger partial charge is 0.589 e. The van der Waals surface area contributed by atoms with Crippen LogP contribution in [-0.4, -0.2) is 40.3 Å². The van der Waals surface area contributed by atoms with Crippen molar-refractivity contribution in [1.82, 2.24) is 0 Å². The van der Waals surface area contributed by atoms with Gasteiger partial charge in [-0.05, 0) is 0 Å². The Morgan fingerprint density at radius 1 is 1.08 bits per heavy atom. The van der Waals surface area contributed by atoms with Gasteiger partial charge < -0.3 is 19.3 Å². The maximum absolute atomic E-state index is 10.6. The van der Waals surface area contributed by atoms with E-state index >= 15 is 0 Å². The molecule has 0 aromatic carbocycles. The van der Waals surface area contributed by atoms with Gasteiger partial charge in [0.05, 0.1) is 0 Å². The Labute approximate surface area is 72.3 Å². The molecule has 8 nitrogen and oxygen atoms in total. The highest BCUT2D eigenvalue weighted by molar-refractivity contribution is 7.48. The fourth-order valence-electron chi connectivity index (χ4n) is 0.334. The number of aliphatic hydroxyl groups excluding tert-OH is 2. The third-order valence-corrected chi connectivity index (χ3v) is 1.56. The maximum Gasteiger partial charge on any atom is 0.589 e. The molecule has 3 N–H and O–H groups in total. The Bertz CT molecular complexity index is 225. The molecule has 0 spiro atoms. The molecule has 0 aromatic heterocycles. The highest BCUT2D eigenvalue weighted by Gasteiger charge is 2.29. The first kappa shape index (κ1) is 12.0. The molecule has 0 aliphatic heterocycles. The van der Waals surface area contributed by atoms with Gasteiger partial charge in [-0.2, -0.15) is 0 Å². The Morgan fingerprint density at radius 2 is 1.38 bits per heavy atom. The van der Waals surface area contributed by atoms with Gasteiger partial charge in [0.2, 0.25) is 0 Å². The third kappa shape index (κ3) is 5.31. The molecule has 0 atom stereocenters. The molecule has 0 saturated heterocycles. The maximum atomic E-state index is 10.6. The summed E-state index contributed by atoms with van der Waals surface area (Å²) in [6, 6.07) is 0. The molecule has 13 heavy (non-hydrogen) atoms. The fourth-order valence-corrected chi connectivity index (χ4v) is 1.00. The molecular formula is C4H7O8P. The zero-order valence-electron chi connectivity index (χ0n) is 6.24. The Hall–Kier alpha value is -0.950. The first-order valence-electron chi connectivity index (χ1n) is 2.90. The summed E-state index contributed by atoms with van der Waals surface area (Å²) in [7, 11) is -4.86. The molecule has 0 aliphatic rings. The lowest BCUT2D eigenvalue weighted by Crippen LogP contribution is -2.13. The number of hydrogen-bond donors (Lipinski definition) is 3. The number of aliphatic hydroxyl groups is 2. The monoisotopic (exact) mass is 214 g/mol. The van der Waals surface area contributed by atoms with Crippen molar-refractivity contribution in [2.24, 2.45) is 0 Å². The molecule has 0 amide bonds. The summed E-state index contributed by atoms with van der Waals surface area (Å²) in [6.45, 7) is -2.25. The highest BCUT2D eigenvalue weighted by atomic mass is 31.2. The molecule has 0 fully saturated rings. The van der Waals surface area contributed by atoms with Gasteiger partial charge in [-0.3, -0.25) is 4.89 Å². The SMILES string of the molecule is O=C(CO)OP(=O)(O)OC(=O)CO. The van der Waals surface area contributed by atoms with Gasteiger partial charge in [-0.25, -0.2) is 14.2 Å². The highest BCUT2D eigenvalue weighted by Crippen LogP contribution is 2.43. The van der Waals surface area contributed by atoms with E-state index in [0.29, 0.717) is 0 Å². The van der Waals surface area contributed by atoms with E-state index in [0.717, 1.165) is 0 Å². The molecule has 0 rings (SSSR count). The number of phosphoric acid groups is 1. The Kier molecular flexibility index (Phi) is 4.57. The van der Waals surface area contributed by atoms with Crippen molar-refractivity contribution in [1.29, 1.82) is 0 Å². The molecule has 0 radical (unpaired) electrons. The van der Waals surface area contributed by atoms with Gasteiger partial charge >= 0.3 is 19.8 Å². The lowest BCUT2D eigenvalue weighted by Gasteiger charge is -2.08. The average Bonchev–Trinajstić information content (AvgIpc) is 2.02.